The second-order valence-electron chi connectivity index (χ2n) is 10.6. The standard InChI is InChI=1S/C29H40N4O4S/c1-19(2)24-7-6-8-25(20(3)4)26(24)18-27(34)32-38(30,37)23-11-9-21(10-12-23)13-15-31-29(36)22-14-16-33(5)28(35)17-22/h6-12,19-20,22H,13-18H2,1-5H3,(H,31,36)(H2,30,32,34,37). The SMILES string of the molecule is CC(C)c1cccc(C(C)C)c1CC(=O)N=S(N)(=O)c1ccc(CCNC(=O)C2CCN(C)C(=O)C2)cc1. The maximum atomic E-state index is 13.2. The van der Waals surface area contributed by atoms with Crippen LogP contribution < -0.4 is 10.5 Å². The van der Waals surface area contributed by atoms with Crippen LogP contribution in [0.25, 0.3) is 0 Å². The van der Waals surface area contributed by atoms with Gasteiger partial charge >= 0.3 is 0 Å². The second-order valence-corrected chi connectivity index (χ2v) is 12.4. The van der Waals surface area contributed by atoms with Crippen LogP contribution in [0.2, 0.25) is 0 Å². The van der Waals surface area contributed by atoms with Crippen LogP contribution in [0.4, 0.5) is 0 Å². The molecule has 206 valence electrons. The molecule has 38 heavy (non-hydrogen) atoms. The molecule has 8 nitrogen and oxygen atoms in total. The van der Waals surface area contributed by atoms with E-state index in [0.717, 1.165) is 22.3 Å². The average Bonchev–Trinajstić information content (AvgIpc) is 2.85. The molecular formula is C29H40N4O4S. The molecule has 2 aromatic carbocycles. The van der Waals surface area contributed by atoms with Crippen molar-refractivity contribution in [3.8, 4) is 0 Å². The van der Waals surface area contributed by atoms with Gasteiger partial charge in [-0.05, 0) is 59.1 Å². The van der Waals surface area contributed by atoms with Crippen molar-refractivity contribution in [2.75, 3.05) is 20.1 Å². The molecule has 0 saturated carbocycles. The lowest BCUT2D eigenvalue weighted by molar-refractivity contribution is -0.139. The summed E-state index contributed by atoms with van der Waals surface area (Å²) in [6, 6.07) is 12.8. The van der Waals surface area contributed by atoms with E-state index in [0.29, 0.717) is 25.9 Å². The van der Waals surface area contributed by atoms with Gasteiger partial charge in [0.2, 0.25) is 11.8 Å². The molecule has 0 radical (unpaired) electrons. The predicted octanol–water partition coefficient (Wildman–Crippen LogP) is 3.93. The molecule has 1 heterocycles. The van der Waals surface area contributed by atoms with Crippen LogP contribution in [0.3, 0.4) is 0 Å². The summed E-state index contributed by atoms with van der Waals surface area (Å²) in [5, 5.41) is 8.94. The van der Waals surface area contributed by atoms with Crippen molar-refractivity contribution in [3.05, 3.63) is 64.7 Å². The van der Waals surface area contributed by atoms with Gasteiger partial charge in [0.05, 0.1) is 11.3 Å². The monoisotopic (exact) mass is 540 g/mol. The van der Waals surface area contributed by atoms with Crippen LogP contribution in [0.5, 0.6) is 0 Å². The lowest BCUT2D eigenvalue weighted by Gasteiger charge is -2.27. The quantitative estimate of drug-likeness (QED) is 0.500. The van der Waals surface area contributed by atoms with E-state index in [2.05, 4.69) is 37.4 Å². The van der Waals surface area contributed by atoms with Crippen molar-refractivity contribution in [2.45, 2.75) is 70.1 Å². The van der Waals surface area contributed by atoms with Gasteiger partial charge < -0.3 is 10.2 Å². The normalized spacial score (nSPS) is 17.4. The van der Waals surface area contributed by atoms with Gasteiger partial charge in [0.15, 0.2) is 0 Å². The lowest BCUT2D eigenvalue weighted by atomic mass is 9.87. The summed E-state index contributed by atoms with van der Waals surface area (Å²) in [7, 11) is -1.65. The molecule has 1 fully saturated rings. The van der Waals surface area contributed by atoms with Crippen molar-refractivity contribution >= 4 is 27.6 Å². The molecule has 2 unspecified atom stereocenters. The molecule has 1 saturated heterocycles. The fourth-order valence-corrected chi connectivity index (χ4v) is 5.79. The van der Waals surface area contributed by atoms with Crippen molar-refractivity contribution in [3.63, 3.8) is 0 Å². The van der Waals surface area contributed by atoms with Crippen molar-refractivity contribution < 1.29 is 18.6 Å². The van der Waals surface area contributed by atoms with E-state index in [1.165, 1.54) is 0 Å². The van der Waals surface area contributed by atoms with Crippen molar-refractivity contribution in [2.24, 2.45) is 15.4 Å². The number of piperidine rings is 1. The minimum atomic E-state index is -3.40. The Morgan fingerprint density at radius 2 is 1.68 bits per heavy atom. The highest BCUT2D eigenvalue weighted by Gasteiger charge is 2.28. The van der Waals surface area contributed by atoms with Crippen LogP contribution in [0.1, 0.15) is 74.6 Å². The van der Waals surface area contributed by atoms with Gasteiger partial charge in [-0.1, -0.05) is 58.0 Å². The molecule has 3 N–H and O–H groups in total. The van der Waals surface area contributed by atoms with Gasteiger partial charge in [-0.25, -0.2) is 9.35 Å². The fourth-order valence-electron chi connectivity index (χ4n) is 4.79. The number of carbonyl (C=O) groups is 3. The maximum Gasteiger partial charge on any atom is 0.259 e. The van der Waals surface area contributed by atoms with E-state index in [1.54, 1.807) is 36.2 Å². The zero-order chi connectivity index (χ0) is 28.0. The summed E-state index contributed by atoms with van der Waals surface area (Å²) in [5.41, 5.74) is 4.02. The molecule has 1 aliphatic rings. The Hall–Kier alpha value is -3.04. The smallest absolute Gasteiger partial charge is 0.259 e. The molecule has 0 bridgehead atoms. The fraction of sp³-hybridized carbons (Fsp3) is 0.483. The van der Waals surface area contributed by atoms with Gasteiger partial charge in [0.25, 0.3) is 5.91 Å². The van der Waals surface area contributed by atoms with Gasteiger partial charge in [-0.2, -0.15) is 0 Å². The van der Waals surface area contributed by atoms with Crippen LogP contribution in [-0.4, -0.2) is 47.0 Å². The van der Waals surface area contributed by atoms with E-state index in [1.807, 2.05) is 18.2 Å². The van der Waals surface area contributed by atoms with E-state index >= 15 is 0 Å². The first-order valence-electron chi connectivity index (χ1n) is 13.2. The molecule has 2 aromatic rings. The molecule has 2 atom stereocenters. The van der Waals surface area contributed by atoms with Gasteiger partial charge in [-0.15, -0.1) is 4.36 Å². The molecule has 0 spiro atoms. The molecular weight excluding hydrogens is 500 g/mol. The zero-order valence-corrected chi connectivity index (χ0v) is 23.8. The topological polar surface area (TPSA) is 122 Å². The Balaban J connectivity index is 1.63. The van der Waals surface area contributed by atoms with Crippen LogP contribution >= 0.6 is 0 Å². The summed E-state index contributed by atoms with van der Waals surface area (Å²) >= 11 is 0. The summed E-state index contributed by atoms with van der Waals surface area (Å²) in [5.74, 6) is -0.431. The summed E-state index contributed by atoms with van der Waals surface area (Å²) < 4.78 is 17.1. The maximum absolute atomic E-state index is 13.2. The molecule has 0 aliphatic carbocycles. The Kier molecular flexibility index (Phi) is 9.84. The van der Waals surface area contributed by atoms with E-state index in [4.69, 9.17) is 5.14 Å². The number of nitrogens with one attached hydrogen (secondary N) is 1. The van der Waals surface area contributed by atoms with Crippen molar-refractivity contribution in [1.29, 1.82) is 0 Å². The number of benzene rings is 2. The van der Waals surface area contributed by atoms with Crippen LogP contribution in [-0.2, 0) is 37.1 Å². The highest BCUT2D eigenvalue weighted by atomic mass is 32.2. The first-order valence-corrected chi connectivity index (χ1v) is 14.8. The molecule has 1 aliphatic heterocycles. The Labute approximate surface area is 226 Å². The third-order valence-corrected chi connectivity index (χ3v) is 8.48. The van der Waals surface area contributed by atoms with E-state index in [-0.39, 0.29) is 47.3 Å². The van der Waals surface area contributed by atoms with E-state index < -0.39 is 15.8 Å². The summed E-state index contributed by atoms with van der Waals surface area (Å²) in [6.07, 6.45) is 1.53. The number of likely N-dealkylation sites (tertiary alicyclic amines) is 1. The largest absolute Gasteiger partial charge is 0.356 e. The number of rotatable bonds is 9. The Morgan fingerprint density at radius 3 is 2.24 bits per heavy atom. The van der Waals surface area contributed by atoms with Crippen molar-refractivity contribution in [1.82, 2.24) is 10.2 Å². The first kappa shape index (κ1) is 29.5. The lowest BCUT2D eigenvalue weighted by Crippen LogP contribution is -2.42. The minimum absolute atomic E-state index is 0.00856. The highest BCUT2D eigenvalue weighted by Crippen LogP contribution is 2.28. The predicted molar refractivity (Wildman–Crippen MR) is 150 cm³/mol. The second kappa shape index (κ2) is 12.7. The number of hydrogen-bond donors (Lipinski definition) is 2. The van der Waals surface area contributed by atoms with E-state index in [9.17, 15) is 18.6 Å². The molecule has 0 aromatic heterocycles. The zero-order valence-electron chi connectivity index (χ0n) is 23.0. The highest BCUT2D eigenvalue weighted by molar-refractivity contribution is 7.91. The number of amides is 3. The minimum Gasteiger partial charge on any atom is -0.356 e. The first-order chi connectivity index (χ1) is 17.9. The third kappa shape index (κ3) is 7.51. The number of carbonyl (C=O) groups excluding carboxylic acids is 3. The Morgan fingerprint density at radius 1 is 1.08 bits per heavy atom. The molecule has 3 rings (SSSR count). The van der Waals surface area contributed by atoms with Gasteiger partial charge in [0.1, 0.15) is 9.92 Å². The third-order valence-electron chi connectivity index (χ3n) is 7.06. The number of nitrogens with zero attached hydrogens (tertiary/aromatic N) is 2. The van der Waals surface area contributed by atoms with Crippen LogP contribution in [0.15, 0.2) is 51.7 Å². The molecule has 3 amide bonds. The summed E-state index contributed by atoms with van der Waals surface area (Å²) in [4.78, 5) is 39.1. The number of hydrogen-bond acceptors (Lipinski definition) is 4. The van der Waals surface area contributed by atoms with Gasteiger partial charge in [0, 0.05) is 32.5 Å². The summed E-state index contributed by atoms with van der Waals surface area (Å²) in [6.45, 7) is 9.34. The van der Waals surface area contributed by atoms with Crippen LogP contribution in [0, 0.1) is 5.92 Å². The Bertz CT molecular complexity index is 1270. The number of nitrogens with two attached hydrogens (primary N) is 1. The van der Waals surface area contributed by atoms with Gasteiger partial charge in [-0.3, -0.25) is 14.4 Å². The molecule has 9 heteroatoms. The average molecular weight is 541 g/mol.